The van der Waals surface area contributed by atoms with Crippen LogP contribution >= 0.6 is 23.2 Å². The van der Waals surface area contributed by atoms with Crippen LogP contribution in [-0.2, 0) is 16.2 Å². The summed E-state index contributed by atoms with van der Waals surface area (Å²) in [5.41, 5.74) is 2.10. The molecule has 0 saturated heterocycles. The average molecular weight is 468 g/mol. The molecule has 23 heavy (non-hydrogen) atoms. The van der Waals surface area contributed by atoms with Crippen LogP contribution in [0.2, 0.25) is 10.0 Å². The van der Waals surface area contributed by atoms with Crippen molar-refractivity contribution >= 4 is 42.9 Å². The molecule has 0 aliphatic carbocycles. The summed E-state index contributed by atoms with van der Waals surface area (Å²) in [6.45, 7) is 3.90. The fourth-order valence-corrected chi connectivity index (χ4v) is 9.28. The Kier molecular flexibility index (Phi) is 4.13. The zero-order chi connectivity index (χ0) is 16.0. The van der Waals surface area contributed by atoms with Gasteiger partial charge in [-0.3, -0.25) is 0 Å². The molecule has 0 atom stereocenters. The quantitative estimate of drug-likeness (QED) is 0.618. The van der Waals surface area contributed by atoms with Gasteiger partial charge in [-0.15, -0.1) is 0 Å². The standard InChI is InChI=1S/C16H15Cl2NO3Te/c1-2-20-23-19(9-11-7-13(17)3-5-15(11)21-23)10-12-8-14(18)4-6-16(12)22-23/h3-8H,2,9-10H2,1H3. The summed E-state index contributed by atoms with van der Waals surface area (Å²) >= 11 is 8.59. The van der Waals surface area contributed by atoms with Gasteiger partial charge in [-0.2, -0.15) is 0 Å². The van der Waals surface area contributed by atoms with E-state index in [-0.39, 0.29) is 0 Å². The molecule has 2 aromatic carbocycles. The van der Waals surface area contributed by atoms with Crippen molar-refractivity contribution in [3.63, 3.8) is 0 Å². The fraction of sp³-hybridized carbons (Fsp3) is 0.250. The van der Waals surface area contributed by atoms with Crippen molar-refractivity contribution in [2.24, 2.45) is 0 Å². The van der Waals surface area contributed by atoms with Crippen LogP contribution in [0.1, 0.15) is 18.1 Å². The molecule has 0 amide bonds. The van der Waals surface area contributed by atoms with Gasteiger partial charge in [-0.25, -0.2) is 0 Å². The van der Waals surface area contributed by atoms with E-state index in [0.717, 1.165) is 22.6 Å². The Morgan fingerprint density at radius 3 is 2.00 bits per heavy atom. The Balaban J connectivity index is 1.77. The molecule has 0 unspecified atom stereocenters. The molecule has 2 aliphatic rings. The number of nitrogens with zero attached hydrogens (tertiary/aromatic N) is 1. The van der Waals surface area contributed by atoms with Gasteiger partial charge in [0, 0.05) is 0 Å². The van der Waals surface area contributed by atoms with E-state index < -0.39 is 19.7 Å². The minimum absolute atomic E-state index is 0.545. The molecule has 0 N–H and O–H groups in total. The average Bonchev–Trinajstić information content (AvgIpc) is 2.51. The van der Waals surface area contributed by atoms with Gasteiger partial charge in [0.15, 0.2) is 0 Å². The van der Waals surface area contributed by atoms with Gasteiger partial charge in [0.1, 0.15) is 0 Å². The summed E-state index contributed by atoms with van der Waals surface area (Å²) in [5.74, 6) is 1.61. The molecule has 0 spiro atoms. The van der Waals surface area contributed by atoms with Gasteiger partial charge in [0.2, 0.25) is 0 Å². The first-order chi connectivity index (χ1) is 11.1. The zero-order valence-electron chi connectivity index (χ0n) is 12.4. The first-order valence-electron chi connectivity index (χ1n) is 7.28. The monoisotopic (exact) mass is 469 g/mol. The summed E-state index contributed by atoms with van der Waals surface area (Å²) in [4.78, 5) is 0. The van der Waals surface area contributed by atoms with Gasteiger partial charge in [-0.1, -0.05) is 0 Å². The zero-order valence-corrected chi connectivity index (χ0v) is 16.3. The van der Waals surface area contributed by atoms with Gasteiger partial charge in [-0.05, 0) is 0 Å². The molecule has 2 aromatic rings. The van der Waals surface area contributed by atoms with Crippen LogP contribution in [0, 0.1) is 0 Å². The number of halogens is 2. The Hall–Kier alpha value is -0.670. The summed E-state index contributed by atoms with van der Waals surface area (Å²) in [6.07, 6.45) is 0. The van der Waals surface area contributed by atoms with E-state index in [1.54, 1.807) is 0 Å². The number of benzene rings is 2. The maximum atomic E-state index is 6.29. The molecule has 2 heterocycles. The second-order valence-electron chi connectivity index (χ2n) is 5.30. The first-order valence-corrected chi connectivity index (χ1v) is 11.9. The predicted molar refractivity (Wildman–Crippen MR) is 90.8 cm³/mol. The molecule has 0 bridgehead atoms. The van der Waals surface area contributed by atoms with Gasteiger partial charge in [0.25, 0.3) is 0 Å². The van der Waals surface area contributed by atoms with Crippen molar-refractivity contribution in [2.45, 2.75) is 20.0 Å². The van der Waals surface area contributed by atoms with Gasteiger partial charge >= 0.3 is 151 Å². The van der Waals surface area contributed by atoms with Crippen molar-refractivity contribution < 1.29 is 9.30 Å². The third kappa shape index (κ3) is 2.80. The first kappa shape index (κ1) is 15.8. The van der Waals surface area contributed by atoms with Crippen molar-refractivity contribution in [2.75, 3.05) is 6.61 Å². The van der Waals surface area contributed by atoms with E-state index in [1.807, 2.05) is 43.3 Å². The number of hydrogen-bond acceptors (Lipinski definition) is 4. The third-order valence-corrected chi connectivity index (χ3v) is 10.5. The van der Waals surface area contributed by atoms with Crippen LogP contribution in [0.25, 0.3) is 0 Å². The molecule has 122 valence electrons. The molecule has 4 rings (SSSR count). The summed E-state index contributed by atoms with van der Waals surface area (Å²) in [6, 6.07) is 11.3. The van der Waals surface area contributed by atoms with E-state index in [9.17, 15) is 0 Å². The van der Waals surface area contributed by atoms with Crippen LogP contribution in [0.3, 0.4) is 0 Å². The fourth-order valence-electron chi connectivity index (χ4n) is 2.72. The summed E-state index contributed by atoms with van der Waals surface area (Å²) in [7, 11) is 0. The molecule has 0 aromatic heterocycles. The number of hydrogen-bond donors (Lipinski definition) is 0. The molecule has 0 saturated carbocycles. The SMILES string of the molecule is CCO[Te]12Oc3ccc(Cl)cc3CN1Cc1cc(Cl)ccc1O2. The van der Waals surface area contributed by atoms with E-state index in [0.29, 0.717) is 29.7 Å². The van der Waals surface area contributed by atoms with E-state index in [1.165, 1.54) is 0 Å². The summed E-state index contributed by atoms with van der Waals surface area (Å²) < 4.78 is 20.8. The molecule has 2 aliphatic heterocycles. The maximum absolute atomic E-state index is 6.29. The third-order valence-electron chi connectivity index (χ3n) is 3.71. The van der Waals surface area contributed by atoms with Crippen molar-refractivity contribution in [1.29, 1.82) is 0 Å². The normalized spacial score (nSPS) is 19.6. The van der Waals surface area contributed by atoms with Crippen LogP contribution in [0.15, 0.2) is 36.4 Å². The van der Waals surface area contributed by atoms with Crippen LogP contribution in [-0.4, -0.2) is 29.4 Å². The Labute approximate surface area is 150 Å². The molecule has 0 fully saturated rings. The Morgan fingerprint density at radius 2 is 1.52 bits per heavy atom. The minimum atomic E-state index is -3.63. The molecular weight excluding hydrogens is 453 g/mol. The van der Waals surface area contributed by atoms with Gasteiger partial charge in [0.05, 0.1) is 0 Å². The topological polar surface area (TPSA) is 30.9 Å². The Morgan fingerprint density at radius 1 is 1.00 bits per heavy atom. The molecular formula is C16H15Cl2NO3Te. The second kappa shape index (κ2) is 6.00. The van der Waals surface area contributed by atoms with Crippen molar-refractivity contribution in [3.05, 3.63) is 57.6 Å². The van der Waals surface area contributed by atoms with E-state index in [4.69, 9.17) is 32.5 Å². The summed E-state index contributed by atoms with van der Waals surface area (Å²) in [5, 5.41) is 1.40. The van der Waals surface area contributed by atoms with Crippen molar-refractivity contribution in [3.8, 4) is 11.5 Å². The Bertz CT molecular complexity index is 713. The molecule has 0 radical (unpaired) electrons. The second-order valence-corrected chi connectivity index (χ2v) is 11.7. The molecule has 7 heteroatoms. The van der Waals surface area contributed by atoms with E-state index in [2.05, 4.69) is 3.15 Å². The van der Waals surface area contributed by atoms with Crippen LogP contribution < -0.4 is 6.20 Å². The number of fused-ring (bicyclic) bond motifs is 3. The predicted octanol–water partition coefficient (Wildman–Crippen LogP) is 4.25. The van der Waals surface area contributed by atoms with Crippen molar-refractivity contribution in [1.82, 2.24) is 3.15 Å². The number of rotatable bonds is 2. The molecule has 4 nitrogen and oxygen atoms in total. The van der Waals surface area contributed by atoms with Crippen LogP contribution in [0.4, 0.5) is 0 Å². The van der Waals surface area contributed by atoms with E-state index >= 15 is 0 Å². The van der Waals surface area contributed by atoms with Crippen LogP contribution in [0.5, 0.6) is 11.5 Å². The van der Waals surface area contributed by atoms with Gasteiger partial charge < -0.3 is 0 Å².